The molecule has 2 aliphatic rings. The summed E-state index contributed by atoms with van der Waals surface area (Å²) in [6.45, 7) is 3.64. The van der Waals surface area contributed by atoms with Crippen molar-refractivity contribution in [1.82, 2.24) is 25.8 Å². The Morgan fingerprint density at radius 2 is 1.78 bits per heavy atom. The molecule has 0 saturated carbocycles. The smallest absolute Gasteiger partial charge is 0.316 e. The van der Waals surface area contributed by atoms with Crippen molar-refractivity contribution in [3.63, 3.8) is 0 Å². The lowest BCUT2D eigenvalue weighted by atomic mass is 9.98. The quantitative estimate of drug-likeness (QED) is 0.101. The second-order valence-corrected chi connectivity index (χ2v) is 10.7. The number of amides is 4. The number of carbonyl (C=O) groups is 3. The molecule has 46 heavy (non-hydrogen) atoms. The van der Waals surface area contributed by atoms with Crippen molar-refractivity contribution in [3.05, 3.63) is 106 Å². The first-order valence-electron chi connectivity index (χ1n) is 14.6. The predicted octanol–water partition coefficient (Wildman–Crippen LogP) is 2.41. The number of carbonyl (C=O) groups excluding carboxylic acids is 3. The highest BCUT2D eigenvalue weighted by atomic mass is 16.7. The first-order valence-corrected chi connectivity index (χ1v) is 14.6. The van der Waals surface area contributed by atoms with Crippen LogP contribution in [0.5, 0.6) is 17.2 Å². The molecule has 0 aromatic heterocycles. The molecule has 0 unspecified atom stereocenters. The average Bonchev–Trinajstić information content (AvgIpc) is 3.51. The lowest BCUT2D eigenvalue weighted by Crippen LogP contribution is -2.69. The largest absolute Gasteiger partial charge is 0.508 e. The average molecular weight is 631 g/mol. The van der Waals surface area contributed by atoms with Crippen molar-refractivity contribution in [2.24, 2.45) is 0 Å². The third kappa shape index (κ3) is 7.53. The fraction of sp³-hybridized carbons (Fsp3) is 0.281. The van der Waals surface area contributed by atoms with E-state index in [-0.39, 0.29) is 62.1 Å². The first-order chi connectivity index (χ1) is 22.2. The molecule has 3 aromatic rings. The van der Waals surface area contributed by atoms with Crippen LogP contribution in [-0.2, 0) is 29.1 Å². The van der Waals surface area contributed by atoms with E-state index in [9.17, 15) is 29.6 Å². The number of nitrogens with zero attached hydrogens (tertiary/aromatic N) is 3. The minimum Gasteiger partial charge on any atom is -0.508 e. The van der Waals surface area contributed by atoms with Crippen LogP contribution in [0.15, 0.2) is 79.4 Å². The third-order valence-electron chi connectivity index (χ3n) is 7.61. The van der Waals surface area contributed by atoms with Gasteiger partial charge in [-0.05, 0) is 29.3 Å². The Morgan fingerprint density at radius 1 is 1.07 bits per heavy atom. The van der Waals surface area contributed by atoms with Crippen LogP contribution in [-0.4, -0.2) is 76.3 Å². The minimum atomic E-state index is -1.09. The lowest BCUT2D eigenvalue weighted by Gasteiger charge is -2.46. The van der Waals surface area contributed by atoms with Gasteiger partial charge in [-0.15, -0.1) is 6.58 Å². The number of hydrogen-bond donors (Lipinski definition) is 4. The zero-order valence-electron chi connectivity index (χ0n) is 24.9. The van der Waals surface area contributed by atoms with Crippen LogP contribution in [0.4, 0.5) is 10.5 Å². The zero-order chi connectivity index (χ0) is 32.6. The number of phenols is 1. The number of urea groups is 1. The van der Waals surface area contributed by atoms with Gasteiger partial charge in [-0.3, -0.25) is 19.7 Å². The number of benzene rings is 3. The highest BCUT2D eigenvalue weighted by Crippen LogP contribution is 2.39. The number of hydrogen-bond acceptors (Lipinski definition) is 9. The van der Waals surface area contributed by atoms with E-state index < -0.39 is 35.0 Å². The van der Waals surface area contributed by atoms with Gasteiger partial charge in [-0.25, -0.2) is 4.79 Å². The molecule has 3 aromatic carbocycles. The van der Waals surface area contributed by atoms with Crippen LogP contribution in [0.25, 0.3) is 0 Å². The Kier molecular flexibility index (Phi) is 9.97. The van der Waals surface area contributed by atoms with Crippen molar-refractivity contribution in [2.45, 2.75) is 31.7 Å². The van der Waals surface area contributed by atoms with E-state index >= 15 is 0 Å². The van der Waals surface area contributed by atoms with Crippen molar-refractivity contribution in [2.75, 3.05) is 26.4 Å². The fourth-order valence-electron chi connectivity index (χ4n) is 5.41. The van der Waals surface area contributed by atoms with Crippen molar-refractivity contribution < 1.29 is 33.9 Å². The van der Waals surface area contributed by atoms with Crippen molar-refractivity contribution in [3.8, 4) is 17.2 Å². The lowest BCUT2D eigenvalue weighted by molar-refractivity contribution is -0.385. The maximum atomic E-state index is 14.2. The Morgan fingerprint density at radius 3 is 2.48 bits per heavy atom. The highest BCUT2D eigenvalue weighted by Gasteiger charge is 2.44. The van der Waals surface area contributed by atoms with Gasteiger partial charge in [0, 0.05) is 19.5 Å². The van der Waals surface area contributed by atoms with Crippen molar-refractivity contribution >= 4 is 23.5 Å². The van der Waals surface area contributed by atoms with E-state index in [2.05, 4.69) is 22.5 Å². The van der Waals surface area contributed by atoms with Gasteiger partial charge in [0.05, 0.1) is 36.2 Å². The Bertz CT molecular complexity index is 1600. The number of rotatable bonds is 12. The molecule has 4 N–H and O–H groups in total. The van der Waals surface area contributed by atoms with E-state index in [0.717, 1.165) is 5.56 Å². The van der Waals surface area contributed by atoms with E-state index in [1.54, 1.807) is 18.2 Å². The normalized spacial score (nSPS) is 17.0. The second-order valence-electron chi connectivity index (χ2n) is 10.7. The Labute approximate surface area is 264 Å². The number of nitrogens with one attached hydrogen (secondary N) is 3. The maximum absolute atomic E-state index is 14.2. The SMILES string of the molecule is C=CCNCC(=O)N1[C@@H](NC(=O)NCc2ccccc2)CN(Cc2cc3c(cc2[N+](=O)[O-])OCO3)C(=O)[C@@H]1Cc1ccc(O)cc1. The summed E-state index contributed by atoms with van der Waals surface area (Å²) in [6, 6.07) is 16.5. The molecule has 4 amide bonds. The van der Waals surface area contributed by atoms with Crippen LogP contribution >= 0.6 is 0 Å². The van der Waals surface area contributed by atoms with E-state index in [4.69, 9.17) is 9.47 Å². The van der Waals surface area contributed by atoms with Crippen LogP contribution < -0.4 is 25.4 Å². The molecule has 240 valence electrons. The monoisotopic (exact) mass is 630 g/mol. The molecule has 2 heterocycles. The first kappa shape index (κ1) is 31.8. The highest BCUT2D eigenvalue weighted by molar-refractivity contribution is 5.91. The van der Waals surface area contributed by atoms with Gasteiger partial charge in [0.2, 0.25) is 18.6 Å². The Balaban J connectivity index is 1.47. The molecule has 14 nitrogen and oxygen atoms in total. The third-order valence-corrected chi connectivity index (χ3v) is 7.61. The molecule has 5 rings (SSSR count). The van der Waals surface area contributed by atoms with Gasteiger partial charge in [-0.1, -0.05) is 48.5 Å². The van der Waals surface area contributed by atoms with Gasteiger partial charge >= 0.3 is 6.03 Å². The summed E-state index contributed by atoms with van der Waals surface area (Å²) in [5, 5.41) is 30.4. The molecule has 0 radical (unpaired) electrons. The molecular weight excluding hydrogens is 596 g/mol. The molecule has 0 aliphatic carbocycles. The summed E-state index contributed by atoms with van der Waals surface area (Å²) in [4.78, 5) is 55.3. The molecule has 0 bridgehead atoms. The second kappa shape index (κ2) is 14.4. The van der Waals surface area contributed by atoms with Crippen molar-refractivity contribution in [1.29, 1.82) is 0 Å². The van der Waals surface area contributed by atoms with Gasteiger partial charge in [0.1, 0.15) is 18.0 Å². The molecule has 2 atom stereocenters. The van der Waals surface area contributed by atoms with Crippen LogP contribution in [0.1, 0.15) is 16.7 Å². The number of nitro groups is 1. The molecule has 1 fully saturated rings. The van der Waals surface area contributed by atoms with E-state index in [0.29, 0.717) is 17.9 Å². The number of fused-ring (bicyclic) bond motifs is 1. The summed E-state index contributed by atoms with van der Waals surface area (Å²) in [6.07, 6.45) is 0.646. The molecular formula is C32H34N6O8. The summed E-state index contributed by atoms with van der Waals surface area (Å²) < 4.78 is 10.7. The van der Waals surface area contributed by atoms with Crippen LogP contribution in [0.3, 0.4) is 0 Å². The standard InChI is InChI=1S/C32H34N6O8/c1-2-12-33-17-30(40)37-26(13-21-8-10-24(39)11-9-21)31(41)36(18-23-14-27-28(46-20-45-27)15-25(23)38(43)44)19-29(37)35-32(42)34-16-22-6-4-3-5-7-22/h2-11,14-15,26,29,33,39H,1,12-13,16-20H2,(H2,34,35,42)/t26-,29+/m0/s1. The molecule has 2 aliphatic heterocycles. The topological polar surface area (TPSA) is 176 Å². The maximum Gasteiger partial charge on any atom is 0.316 e. The van der Waals surface area contributed by atoms with Gasteiger partial charge in [0.15, 0.2) is 11.5 Å². The summed E-state index contributed by atoms with van der Waals surface area (Å²) in [5.41, 5.74) is 1.45. The summed E-state index contributed by atoms with van der Waals surface area (Å²) in [7, 11) is 0. The van der Waals surface area contributed by atoms with Gasteiger partial charge in [0.25, 0.3) is 5.69 Å². The minimum absolute atomic E-state index is 0.0339. The van der Waals surface area contributed by atoms with Gasteiger partial charge < -0.3 is 40.3 Å². The van der Waals surface area contributed by atoms with E-state index in [1.807, 2.05) is 30.3 Å². The van der Waals surface area contributed by atoms with E-state index in [1.165, 1.54) is 34.1 Å². The zero-order valence-corrected chi connectivity index (χ0v) is 24.9. The Hall–Kier alpha value is -5.63. The summed E-state index contributed by atoms with van der Waals surface area (Å²) >= 11 is 0. The fourth-order valence-corrected chi connectivity index (χ4v) is 5.41. The number of ether oxygens (including phenoxy) is 2. The molecule has 1 saturated heterocycles. The van der Waals surface area contributed by atoms with Gasteiger partial charge in [-0.2, -0.15) is 0 Å². The molecule has 14 heteroatoms. The number of aromatic hydroxyl groups is 1. The summed E-state index contributed by atoms with van der Waals surface area (Å²) in [5.74, 6) is -0.345. The number of phenolic OH excluding ortho intramolecular Hbond substituents is 1. The van der Waals surface area contributed by atoms with Crippen LogP contribution in [0.2, 0.25) is 0 Å². The number of piperazine rings is 1. The predicted molar refractivity (Wildman–Crippen MR) is 166 cm³/mol. The number of nitro benzene ring substituents is 1. The van der Waals surface area contributed by atoms with Crippen LogP contribution in [0, 0.1) is 10.1 Å². The molecule has 0 spiro atoms.